The second-order valence-electron chi connectivity index (χ2n) is 7.66. The Hall–Kier alpha value is -2.40. The lowest BCUT2D eigenvalue weighted by atomic mass is 10.1. The van der Waals surface area contributed by atoms with E-state index in [1.807, 2.05) is 0 Å². The quantitative estimate of drug-likeness (QED) is 0.221. The first-order chi connectivity index (χ1) is 16.2. The average Bonchev–Trinajstić information content (AvgIpc) is 2.82. The van der Waals surface area contributed by atoms with Crippen LogP contribution in [0.1, 0.15) is 18.4 Å². The molecule has 0 aromatic heterocycles. The SMILES string of the molecule is N[C@@H](COC(=O)Cc1ccccc1Nc1c(Cl)cccc1Cl)C(=O)NC[C@H](O)CCC(O)CO. The molecule has 0 radical (unpaired) electrons. The molecule has 7 N–H and O–H groups in total. The predicted octanol–water partition coefficient (Wildman–Crippen LogP) is 1.76. The maximum Gasteiger partial charge on any atom is 0.310 e. The van der Waals surface area contributed by atoms with Crippen molar-refractivity contribution in [1.82, 2.24) is 5.32 Å². The molecule has 0 heterocycles. The summed E-state index contributed by atoms with van der Waals surface area (Å²) < 4.78 is 5.15. The molecule has 0 aliphatic rings. The number of halogens is 2. The summed E-state index contributed by atoms with van der Waals surface area (Å²) in [5.74, 6) is -1.18. The van der Waals surface area contributed by atoms with E-state index in [-0.39, 0.29) is 32.4 Å². The van der Waals surface area contributed by atoms with E-state index in [4.69, 9.17) is 38.8 Å². The van der Waals surface area contributed by atoms with Crippen LogP contribution < -0.4 is 16.4 Å². The number of anilines is 2. The largest absolute Gasteiger partial charge is 0.463 e. The number of para-hydroxylation sites is 2. The molecule has 0 saturated carbocycles. The van der Waals surface area contributed by atoms with Crippen molar-refractivity contribution in [3.63, 3.8) is 0 Å². The van der Waals surface area contributed by atoms with Gasteiger partial charge in [-0.05, 0) is 36.6 Å². The lowest BCUT2D eigenvalue weighted by molar-refractivity contribution is -0.144. The van der Waals surface area contributed by atoms with Crippen LogP contribution in [0.15, 0.2) is 42.5 Å². The van der Waals surface area contributed by atoms with Crippen molar-refractivity contribution in [2.24, 2.45) is 5.73 Å². The van der Waals surface area contributed by atoms with Crippen LogP contribution in [0.2, 0.25) is 10.0 Å². The van der Waals surface area contributed by atoms with Gasteiger partial charge in [0, 0.05) is 12.2 Å². The molecule has 0 fully saturated rings. The molecule has 0 saturated heterocycles. The fourth-order valence-corrected chi connectivity index (χ4v) is 3.43. The Bertz CT molecular complexity index is 942. The molecule has 186 valence electrons. The third-order valence-corrected chi connectivity index (χ3v) is 5.52. The normalized spacial score (nSPS) is 13.6. The summed E-state index contributed by atoms with van der Waals surface area (Å²) in [4.78, 5) is 24.4. The van der Waals surface area contributed by atoms with Crippen LogP contribution in [0.4, 0.5) is 11.4 Å². The minimum absolute atomic E-state index is 0.0779. The van der Waals surface area contributed by atoms with Crippen LogP contribution >= 0.6 is 23.2 Å². The van der Waals surface area contributed by atoms with E-state index in [0.717, 1.165) is 0 Å². The first kappa shape index (κ1) is 27.8. The Morgan fingerprint density at radius 2 is 1.65 bits per heavy atom. The van der Waals surface area contributed by atoms with E-state index in [9.17, 15) is 19.8 Å². The van der Waals surface area contributed by atoms with Crippen molar-refractivity contribution in [1.29, 1.82) is 0 Å². The summed E-state index contributed by atoms with van der Waals surface area (Å²) in [6.07, 6.45) is -1.52. The second kappa shape index (κ2) is 14.1. The van der Waals surface area contributed by atoms with Crippen LogP contribution in [0.5, 0.6) is 0 Å². The molecule has 3 atom stereocenters. The predicted molar refractivity (Wildman–Crippen MR) is 130 cm³/mol. The maximum atomic E-state index is 12.3. The number of rotatable bonds is 13. The Labute approximate surface area is 207 Å². The van der Waals surface area contributed by atoms with Crippen molar-refractivity contribution < 1.29 is 29.6 Å². The molecule has 34 heavy (non-hydrogen) atoms. The zero-order valence-electron chi connectivity index (χ0n) is 18.4. The van der Waals surface area contributed by atoms with Crippen molar-refractivity contribution in [2.45, 2.75) is 37.5 Å². The minimum Gasteiger partial charge on any atom is -0.463 e. The molecular formula is C23H29Cl2N3O6. The van der Waals surface area contributed by atoms with Crippen molar-refractivity contribution in [3.8, 4) is 0 Å². The first-order valence-electron chi connectivity index (χ1n) is 10.7. The van der Waals surface area contributed by atoms with Crippen LogP contribution in [0, 0.1) is 0 Å². The van der Waals surface area contributed by atoms with Gasteiger partial charge in [0.15, 0.2) is 0 Å². The van der Waals surface area contributed by atoms with E-state index in [1.54, 1.807) is 42.5 Å². The highest BCUT2D eigenvalue weighted by molar-refractivity contribution is 6.39. The number of aliphatic hydroxyl groups excluding tert-OH is 3. The molecular weight excluding hydrogens is 485 g/mol. The molecule has 0 aliphatic carbocycles. The second-order valence-corrected chi connectivity index (χ2v) is 8.47. The molecule has 1 unspecified atom stereocenters. The van der Waals surface area contributed by atoms with E-state index >= 15 is 0 Å². The Kier molecular flexibility index (Phi) is 11.5. The lowest BCUT2D eigenvalue weighted by Gasteiger charge is -2.17. The van der Waals surface area contributed by atoms with Gasteiger partial charge >= 0.3 is 5.97 Å². The molecule has 0 spiro atoms. The van der Waals surface area contributed by atoms with Gasteiger partial charge in [-0.3, -0.25) is 9.59 Å². The van der Waals surface area contributed by atoms with Gasteiger partial charge in [-0.25, -0.2) is 0 Å². The summed E-state index contributed by atoms with van der Waals surface area (Å²) in [5, 5.41) is 34.3. The number of ether oxygens (including phenoxy) is 1. The van der Waals surface area contributed by atoms with Gasteiger partial charge in [-0.1, -0.05) is 47.5 Å². The lowest BCUT2D eigenvalue weighted by Crippen LogP contribution is -2.46. The number of hydrogen-bond acceptors (Lipinski definition) is 8. The molecule has 1 amide bonds. The highest BCUT2D eigenvalue weighted by atomic mass is 35.5. The number of aliphatic hydroxyl groups is 3. The van der Waals surface area contributed by atoms with Gasteiger partial charge in [0.1, 0.15) is 12.6 Å². The summed E-state index contributed by atoms with van der Waals surface area (Å²) >= 11 is 12.4. The molecule has 11 heteroatoms. The number of carbonyl (C=O) groups excluding carboxylic acids is 2. The van der Waals surface area contributed by atoms with Gasteiger partial charge in [0.25, 0.3) is 0 Å². The number of nitrogens with two attached hydrogens (primary N) is 1. The first-order valence-corrected chi connectivity index (χ1v) is 11.4. The Balaban J connectivity index is 1.83. The standard InChI is InChI=1S/C23H29Cl2N3O6/c24-17-5-3-6-18(25)22(17)28-20-7-2-1-4-14(20)10-21(32)34-13-19(26)23(33)27-11-15(30)8-9-16(31)12-29/h1-7,15-16,19,28-31H,8-13,26H2,(H,27,33)/t15-,16?,19+/m1/s1. The van der Waals surface area contributed by atoms with Crippen molar-refractivity contribution in [3.05, 3.63) is 58.1 Å². The Morgan fingerprint density at radius 1 is 1.00 bits per heavy atom. The fraction of sp³-hybridized carbons (Fsp3) is 0.391. The summed E-state index contributed by atoms with van der Waals surface area (Å²) in [7, 11) is 0. The van der Waals surface area contributed by atoms with Crippen LogP contribution in [-0.2, 0) is 20.7 Å². The molecule has 2 aromatic rings. The van der Waals surface area contributed by atoms with E-state index in [1.165, 1.54) is 0 Å². The van der Waals surface area contributed by atoms with Crippen molar-refractivity contribution in [2.75, 3.05) is 25.1 Å². The van der Waals surface area contributed by atoms with E-state index < -0.39 is 36.7 Å². The minimum atomic E-state index is -1.12. The fourth-order valence-electron chi connectivity index (χ4n) is 2.94. The third kappa shape index (κ3) is 9.09. The van der Waals surface area contributed by atoms with Gasteiger partial charge in [-0.2, -0.15) is 0 Å². The zero-order valence-corrected chi connectivity index (χ0v) is 19.9. The number of nitrogens with one attached hydrogen (secondary N) is 2. The van der Waals surface area contributed by atoms with Gasteiger partial charge in [-0.15, -0.1) is 0 Å². The summed E-state index contributed by atoms with van der Waals surface area (Å²) in [5.41, 5.74) is 7.54. The van der Waals surface area contributed by atoms with Crippen LogP contribution in [0.3, 0.4) is 0 Å². The topological polar surface area (TPSA) is 154 Å². The van der Waals surface area contributed by atoms with Gasteiger partial charge in [0.2, 0.25) is 5.91 Å². The number of benzene rings is 2. The van der Waals surface area contributed by atoms with Gasteiger partial charge in [0.05, 0.1) is 41.0 Å². The maximum absolute atomic E-state index is 12.3. The van der Waals surface area contributed by atoms with Crippen LogP contribution in [0.25, 0.3) is 0 Å². The van der Waals surface area contributed by atoms with E-state index in [2.05, 4.69) is 10.6 Å². The number of esters is 1. The monoisotopic (exact) mass is 513 g/mol. The summed E-state index contributed by atoms with van der Waals surface area (Å²) in [6.45, 7) is -0.818. The molecule has 2 aromatic carbocycles. The van der Waals surface area contributed by atoms with Gasteiger partial charge < -0.3 is 36.4 Å². The molecule has 0 aliphatic heterocycles. The smallest absolute Gasteiger partial charge is 0.310 e. The number of carbonyl (C=O) groups is 2. The zero-order chi connectivity index (χ0) is 25.1. The van der Waals surface area contributed by atoms with Crippen LogP contribution in [-0.4, -0.2) is 65.2 Å². The number of amides is 1. The molecule has 2 rings (SSSR count). The highest BCUT2D eigenvalue weighted by Crippen LogP contribution is 2.33. The average molecular weight is 514 g/mol. The Morgan fingerprint density at radius 3 is 2.32 bits per heavy atom. The van der Waals surface area contributed by atoms with Crippen molar-refractivity contribution >= 4 is 46.5 Å². The molecule has 9 nitrogen and oxygen atoms in total. The number of hydrogen-bond donors (Lipinski definition) is 6. The van der Waals surface area contributed by atoms with E-state index in [0.29, 0.717) is 27.0 Å². The third-order valence-electron chi connectivity index (χ3n) is 4.89. The highest BCUT2D eigenvalue weighted by Gasteiger charge is 2.18. The molecule has 0 bridgehead atoms. The summed E-state index contributed by atoms with van der Waals surface area (Å²) in [6, 6.07) is 11.1.